The Morgan fingerprint density at radius 3 is 2.62 bits per heavy atom. The number of hydrogen-bond acceptors (Lipinski definition) is 4. The van der Waals surface area contributed by atoms with E-state index in [1.807, 2.05) is 13.0 Å². The van der Waals surface area contributed by atoms with Crippen LogP contribution in [0.3, 0.4) is 0 Å². The first-order valence-corrected chi connectivity index (χ1v) is 10.7. The van der Waals surface area contributed by atoms with Crippen LogP contribution in [0.2, 0.25) is 0 Å². The topological polar surface area (TPSA) is 54.7 Å². The number of aromatic nitrogens is 1. The van der Waals surface area contributed by atoms with Crippen molar-refractivity contribution in [2.45, 2.75) is 59.2 Å². The molecule has 160 valence electrons. The molecule has 0 radical (unpaired) electrons. The molecule has 0 amide bonds. The molecule has 0 bridgehead atoms. The highest BCUT2D eigenvalue weighted by Crippen LogP contribution is 2.13. The van der Waals surface area contributed by atoms with Gasteiger partial charge in [0.1, 0.15) is 12.7 Å². The van der Waals surface area contributed by atoms with E-state index in [1.165, 1.54) is 11.3 Å². The van der Waals surface area contributed by atoms with E-state index < -0.39 is 6.10 Å². The summed E-state index contributed by atoms with van der Waals surface area (Å²) in [5.41, 5.74) is 2.48. The van der Waals surface area contributed by atoms with Crippen molar-refractivity contribution in [1.29, 1.82) is 0 Å². The minimum Gasteiger partial charge on any atom is -0.463 e. The Morgan fingerprint density at radius 1 is 1.17 bits per heavy atom. The molecule has 1 aromatic carbocycles. The number of rotatable bonds is 13. The van der Waals surface area contributed by atoms with Gasteiger partial charge in [0, 0.05) is 37.9 Å². The number of esters is 1. The highest BCUT2D eigenvalue weighted by molar-refractivity contribution is 5.69. The zero-order valence-electron chi connectivity index (χ0n) is 18.1. The minimum absolute atomic E-state index is 0.0576. The van der Waals surface area contributed by atoms with Crippen molar-refractivity contribution < 1.29 is 14.6 Å². The van der Waals surface area contributed by atoms with Gasteiger partial charge in [-0.2, -0.15) is 0 Å². The molecular weight excluding hydrogens is 364 g/mol. The molecule has 1 atom stereocenters. The number of hydrogen-bond donors (Lipinski definition) is 1. The Balaban J connectivity index is 1.97. The van der Waals surface area contributed by atoms with Crippen LogP contribution in [-0.2, 0) is 22.6 Å². The lowest BCUT2D eigenvalue weighted by atomic mass is 10.1. The summed E-state index contributed by atoms with van der Waals surface area (Å²) >= 11 is 0. The largest absolute Gasteiger partial charge is 0.463 e. The second-order valence-electron chi connectivity index (χ2n) is 8.12. The van der Waals surface area contributed by atoms with Gasteiger partial charge in [0.2, 0.25) is 0 Å². The Morgan fingerprint density at radius 2 is 1.93 bits per heavy atom. The van der Waals surface area contributed by atoms with Crippen molar-refractivity contribution in [3.63, 3.8) is 0 Å². The fourth-order valence-corrected chi connectivity index (χ4v) is 3.25. The van der Waals surface area contributed by atoms with Crippen LogP contribution in [0.1, 0.15) is 51.3 Å². The summed E-state index contributed by atoms with van der Waals surface area (Å²) < 4.78 is 7.44. The molecule has 0 aliphatic carbocycles. The standard InChI is InChI=1S/C24H36N2O3/c1-4-9-24(28)29-19-23(27)18-25(15-13-20(2)3)17-22-12-8-14-26(22)16-21-10-6-5-7-11-21/h5-8,10-12,14,20,23,27H,4,9,13,15-19H2,1-3H3. The zero-order chi connectivity index (χ0) is 21.1. The number of nitrogens with zero attached hydrogens (tertiary/aromatic N) is 2. The van der Waals surface area contributed by atoms with E-state index in [9.17, 15) is 9.90 Å². The molecule has 0 saturated heterocycles. The molecule has 0 spiro atoms. The maximum atomic E-state index is 11.6. The number of aliphatic hydroxyl groups is 1. The summed E-state index contributed by atoms with van der Waals surface area (Å²) in [6, 6.07) is 14.6. The van der Waals surface area contributed by atoms with E-state index in [2.05, 4.69) is 65.9 Å². The van der Waals surface area contributed by atoms with E-state index in [1.54, 1.807) is 0 Å². The lowest BCUT2D eigenvalue weighted by Crippen LogP contribution is -2.36. The van der Waals surface area contributed by atoms with Gasteiger partial charge in [0.05, 0.1) is 0 Å². The molecule has 2 aromatic rings. The van der Waals surface area contributed by atoms with E-state index in [4.69, 9.17) is 4.74 Å². The fraction of sp³-hybridized carbons (Fsp3) is 0.542. The van der Waals surface area contributed by atoms with Crippen molar-refractivity contribution in [2.75, 3.05) is 19.7 Å². The molecule has 1 unspecified atom stereocenters. The maximum absolute atomic E-state index is 11.6. The molecule has 29 heavy (non-hydrogen) atoms. The van der Waals surface area contributed by atoms with Crippen molar-refractivity contribution in [3.8, 4) is 0 Å². The summed E-state index contributed by atoms with van der Waals surface area (Å²) in [6.07, 6.45) is 3.64. The lowest BCUT2D eigenvalue weighted by Gasteiger charge is -2.26. The van der Waals surface area contributed by atoms with Gasteiger partial charge in [-0.05, 0) is 43.0 Å². The Kier molecular flexibility index (Phi) is 9.95. The van der Waals surface area contributed by atoms with Gasteiger partial charge in [-0.1, -0.05) is 51.1 Å². The predicted molar refractivity (Wildman–Crippen MR) is 117 cm³/mol. The van der Waals surface area contributed by atoms with E-state index in [-0.39, 0.29) is 12.6 Å². The third-order valence-electron chi connectivity index (χ3n) is 4.89. The van der Waals surface area contributed by atoms with Crippen molar-refractivity contribution in [3.05, 3.63) is 59.9 Å². The number of benzene rings is 1. The predicted octanol–water partition coefficient (Wildman–Crippen LogP) is 4.09. The summed E-state index contributed by atoms with van der Waals surface area (Å²) in [6.45, 7) is 9.39. The number of aliphatic hydroxyl groups excluding tert-OH is 1. The molecule has 0 saturated carbocycles. The molecule has 1 heterocycles. The molecule has 0 aliphatic heterocycles. The molecule has 2 rings (SSSR count). The Labute approximate surface area is 175 Å². The Bertz CT molecular complexity index is 712. The second kappa shape index (κ2) is 12.5. The van der Waals surface area contributed by atoms with Gasteiger partial charge in [-0.3, -0.25) is 9.69 Å². The van der Waals surface area contributed by atoms with Crippen molar-refractivity contribution in [1.82, 2.24) is 9.47 Å². The average molecular weight is 401 g/mol. The van der Waals surface area contributed by atoms with Gasteiger partial charge >= 0.3 is 5.97 Å². The quantitative estimate of drug-likeness (QED) is 0.515. The van der Waals surface area contributed by atoms with Crippen LogP contribution in [0.25, 0.3) is 0 Å². The lowest BCUT2D eigenvalue weighted by molar-refractivity contribution is -0.147. The third-order valence-corrected chi connectivity index (χ3v) is 4.89. The molecule has 5 heteroatoms. The van der Waals surface area contributed by atoms with Crippen molar-refractivity contribution in [2.24, 2.45) is 5.92 Å². The van der Waals surface area contributed by atoms with Gasteiger partial charge in [-0.15, -0.1) is 0 Å². The molecule has 0 aliphatic rings. The number of ether oxygens (including phenoxy) is 1. The minimum atomic E-state index is -0.680. The van der Waals surface area contributed by atoms with E-state index in [0.717, 1.165) is 32.5 Å². The summed E-state index contributed by atoms with van der Waals surface area (Å²) in [4.78, 5) is 13.8. The summed E-state index contributed by atoms with van der Waals surface area (Å²) in [7, 11) is 0. The SMILES string of the molecule is CCCC(=O)OCC(O)CN(CCC(C)C)Cc1cccn1Cc1ccccc1. The maximum Gasteiger partial charge on any atom is 0.305 e. The van der Waals surface area contributed by atoms with Crippen molar-refractivity contribution >= 4 is 5.97 Å². The molecular formula is C24H36N2O3. The Hall–Kier alpha value is -2.11. The van der Waals surface area contributed by atoms with Gasteiger partial charge in [-0.25, -0.2) is 0 Å². The number of carbonyl (C=O) groups is 1. The van der Waals surface area contributed by atoms with Crippen LogP contribution in [0.4, 0.5) is 0 Å². The van der Waals surface area contributed by atoms with Crippen LogP contribution < -0.4 is 0 Å². The first-order valence-electron chi connectivity index (χ1n) is 10.7. The van der Waals surface area contributed by atoms with Crippen LogP contribution in [-0.4, -0.2) is 46.3 Å². The zero-order valence-corrected chi connectivity index (χ0v) is 18.1. The second-order valence-corrected chi connectivity index (χ2v) is 8.12. The normalized spacial score (nSPS) is 12.5. The van der Waals surface area contributed by atoms with Gasteiger partial charge in [0.25, 0.3) is 0 Å². The molecule has 1 N–H and O–H groups in total. The molecule has 1 aromatic heterocycles. The summed E-state index contributed by atoms with van der Waals surface area (Å²) in [5.74, 6) is 0.352. The van der Waals surface area contributed by atoms with Crippen LogP contribution >= 0.6 is 0 Å². The third kappa shape index (κ3) is 8.84. The average Bonchev–Trinajstić information content (AvgIpc) is 3.12. The highest BCUT2D eigenvalue weighted by atomic mass is 16.5. The van der Waals surface area contributed by atoms with Crippen LogP contribution in [0.5, 0.6) is 0 Å². The van der Waals surface area contributed by atoms with Gasteiger partial charge < -0.3 is 14.4 Å². The smallest absolute Gasteiger partial charge is 0.305 e. The van der Waals surface area contributed by atoms with Gasteiger partial charge in [0.15, 0.2) is 0 Å². The summed E-state index contributed by atoms with van der Waals surface area (Å²) in [5, 5.41) is 10.4. The first-order chi connectivity index (χ1) is 14.0. The molecule has 5 nitrogen and oxygen atoms in total. The number of carbonyl (C=O) groups excluding carboxylic acids is 1. The fourth-order valence-electron chi connectivity index (χ4n) is 3.25. The first kappa shape index (κ1) is 23.2. The monoisotopic (exact) mass is 400 g/mol. The van der Waals surface area contributed by atoms with Crippen LogP contribution in [0, 0.1) is 5.92 Å². The van der Waals surface area contributed by atoms with E-state index in [0.29, 0.717) is 18.9 Å². The van der Waals surface area contributed by atoms with E-state index >= 15 is 0 Å². The molecule has 0 fully saturated rings. The highest BCUT2D eigenvalue weighted by Gasteiger charge is 2.16. The van der Waals surface area contributed by atoms with Crippen LogP contribution in [0.15, 0.2) is 48.7 Å².